The fourth-order valence-corrected chi connectivity index (χ4v) is 2.08. The van der Waals surface area contributed by atoms with Gasteiger partial charge in [-0.25, -0.2) is 17.9 Å². The molecule has 6 nitrogen and oxygen atoms in total. The maximum absolute atomic E-state index is 13.2. The molecular formula is C13H21FN4O2S. The van der Waals surface area contributed by atoms with E-state index >= 15 is 0 Å². The molecule has 0 saturated carbocycles. The van der Waals surface area contributed by atoms with E-state index in [0.717, 1.165) is 5.56 Å². The molecule has 0 bridgehead atoms. The number of nitrogens with one attached hydrogen (secondary N) is 1. The molecule has 21 heavy (non-hydrogen) atoms. The van der Waals surface area contributed by atoms with Crippen LogP contribution in [0.25, 0.3) is 0 Å². The number of aliphatic imine (C=N–C) groups is 1. The second kappa shape index (κ2) is 7.94. The highest BCUT2D eigenvalue weighted by Crippen LogP contribution is 2.06. The lowest BCUT2D eigenvalue weighted by molar-refractivity contribution is 0.475. The minimum absolute atomic E-state index is 0.0780. The molecule has 1 aromatic carbocycles. The van der Waals surface area contributed by atoms with Crippen LogP contribution >= 0.6 is 0 Å². The third-order valence-corrected chi connectivity index (χ3v) is 3.39. The zero-order chi connectivity index (χ0) is 15.9. The van der Waals surface area contributed by atoms with E-state index in [4.69, 9.17) is 5.14 Å². The number of hydrogen-bond donors (Lipinski definition) is 2. The first-order valence-corrected chi connectivity index (χ1v) is 8.27. The minimum atomic E-state index is -3.53. The van der Waals surface area contributed by atoms with Crippen molar-refractivity contribution in [2.45, 2.75) is 13.5 Å². The first-order valence-electron chi connectivity index (χ1n) is 6.56. The van der Waals surface area contributed by atoms with Gasteiger partial charge in [0.25, 0.3) is 0 Å². The van der Waals surface area contributed by atoms with Gasteiger partial charge in [0.2, 0.25) is 10.0 Å². The van der Waals surface area contributed by atoms with Gasteiger partial charge in [0, 0.05) is 20.1 Å². The summed E-state index contributed by atoms with van der Waals surface area (Å²) in [5.41, 5.74) is 0.801. The lowest BCUT2D eigenvalue weighted by atomic mass is 10.2. The summed E-state index contributed by atoms with van der Waals surface area (Å²) >= 11 is 0. The molecule has 0 aliphatic heterocycles. The van der Waals surface area contributed by atoms with Crippen molar-refractivity contribution in [2.75, 3.05) is 25.9 Å². The van der Waals surface area contributed by atoms with Gasteiger partial charge in [-0.15, -0.1) is 0 Å². The van der Waals surface area contributed by atoms with E-state index in [0.29, 0.717) is 19.0 Å². The predicted molar refractivity (Wildman–Crippen MR) is 81.8 cm³/mol. The van der Waals surface area contributed by atoms with Crippen molar-refractivity contribution in [1.29, 1.82) is 0 Å². The van der Waals surface area contributed by atoms with Crippen molar-refractivity contribution >= 4 is 16.0 Å². The van der Waals surface area contributed by atoms with Gasteiger partial charge in [-0.3, -0.25) is 4.99 Å². The number of nitrogens with two attached hydrogens (primary N) is 1. The molecule has 8 heteroatoms. The molecule has 0 fully saturated rings. The topological polar surface area (TPSA) is 87.8 Å². The minimum Gasteiger partial charge on any atom is -0.357 e. The molecule has 118 valence electrons. The van der Waals surface area contributed by atoms with Crippen LogP contribution in [0.2, 0.25) is 0 Å². The van der Waals surface area contributed by atoms with Crippen molar-refractivity contribution in [3.63, 3.8) is 0 Å². The number of rotatable bonds is 6. The van der Waals surface area contributed by atoms with Crippen LogP contribution in [-0.4, -0.2) is 45.2 Å². The van der Waals surface area contributed by atoms with Crippen LogP contribution in [0.5, 0.6) is 0 Å². The summed E-state index contributed by atoms with van der Waals surface area (Å²) in [6, 6.07) is 6.29. The average molecular weight is 316 g/mol. The van der Waals surface area contributed by atoms with Crippen LogP contribution in [-0.2, 0) is 16.6 Å². The molecule has 3 N–H and O–H groups in total. The monoisotopic (exact) mass is 316 g/mol. The van der Waals surface area contributed by atoms with Crippen LogP contribution in [0.3, 0.4) is 0 Å². The second-order valence-electron chi connectivity index (χ2n) is 4.59. The Morgan fingerprint density at radius 3 is 2.76 bits per heavy atom. The van der Waals surface area contributed by atoms with Gasteiger partial charge >= 0.3 is 0 Å². The Morgan fingerprint density at radius 2 is 2.19 bits per heavy atom. The highest BCUT2D eigenvalue weighted by molar-refractivity contribution is 7.89. The smallest absolute Gasteiger partial charge is 0.210 e. The summed E-state index contributed by atoms with van der Waals surface area (Å²) in [4.78, 5) is 5.99. The molecule has 0 radical (unpaired) electrons. The van der Waals surface area contributed by atoms with Gasteiger partial charge in [0.1, 0.15) is 5.82 Å². The summed E-state index contributed by atoms with van der Waals surface area (Å²) in [6.45, 7) is 3.08. The first kappa shape index (κ1) is 17.4. The van der Waals surface area contributed by atoms with Crippen molar-refractivity contribution in [3.8, 4) is 0 Å². The van der Waals surface area contributed by atoms with E-state index in [-0.39, 0.29) is 18.1 Å². The van der Waals surface area contributed by atoms with Gasteiger partial charge in [-0.05, 0) is 24.6 Å². The number of nitrogens with zero attached hydrogens (tertiary/aromatic N) is 2. The Kier molecular flexibility index (Phi) is 6.57. The summed E-state index contributed by atoms with van der Waals surface area (Å²) in [5.74, 6) is 0.0397. The maximum atomic E-state index is 13.2. The summed E-state index contributed by atoms with van der Waals surface area (Å²) in [7, 11) is -1.73. The molecule has 1 aromatic rings. The van der Waals surface area contributed by atoms with Gasteiger partial charge in [-0.2, -0.15) is 0 Å². The van der Waals surface area contributed by atoms with Crippen LogP contribution < -0.4 is 10.5 Å². The summed E-state index contributed by atoms with van der Waals surface area (Å²) < 4.78 is 35.0. The Balaban J connectivity index is 2.72. The van der Waals surface area contributed by atoms with Gasteiger partial charge in [-0.1, -0.05) is 12.1 Å². The molecule has 0 saturated heterocycles. The molecule has 0 atom stereocenters. The summed E-state index contributed by atoms with van der Waals surface area (Å²) in [5, 5.41) is 7.99. The quantitative estimate of drug-likeness (QED) is 0.591. The third kappa shape index (κ3) is 7.05. The van der Waals surface area contributed by atoms with Crippen LogP contribution in [0.1, 0.15) is 12.5 Å². The largest absolute Gasteiger partial charge is 0.357 e. The highest BCUT2D eigenvalue weighted by Gasteiger charge is 2.08. The van der Waals surface area contributed by atoms with Gasteiger partial charge in [0.15, 0.2) is 5.96 Å². The molecular weight excluding hydrogens is 295 g/mol. The second-order valence-corrected chi connectivity index (χ2v) is 6.32. The lowest BCUT2D eigenvalue weighted by Crippen LogP contribution is -2.39. The van der Waals surface area contributed by atoms with Gasteiger partial charge < -0.3 is 10.2 Å². The normalized spacial score (nSPS) is 12.3. The van der Waals surface area contributed by atoms with Crippen molar-refractivity contribution in [3.05, 3.63) is 35.6 Å². The fourth-order valence-electron chi connectivity index (χ4n) is 1.73. The molecule has 0 aromatic heterocycles. The average Bonchev–Trinajstić information content (AvgIpc) is 2.36. The van der Waals surface area contributed by atoms with Crippen molar-refractivity contribution in [1.82, 2.24) is 10.2 Å². The number of benzene rings is 1. The zero-order valence-electron chi connectivity index (χ0n) is 12.2. The first-order chi connectivity index (χ1) is 9.81. The number of sulfonamides is 1. The third-order valence-electron chi connectivity index (χ3n) is 2.64. The van der Waals surface area contributed by atoms with E-state index in [1.165, 1.54) is 12.1 Å². The number of hydrogen-bond acceptors (Lipinski definition) is 3. The molecule has 0 unspecified atom stereocenters. The number of halogens is 1. The molecule has 0 heterocycles. The molecule has 0 spiro atoms. The van der Waals surface area contributed by atoms with Crippen LogP contribution in [0, 0.1) is 5.82 Å². The highest BCUT2D eigenvalue weighted by atomic mass is 32.2. The standard InChI is InChI=1S/C13H21FN4O2S/c1-3-16-13(17-7-8-21(15,19)20)18(2)10-11-5-4-6-12(14)9-11/h4-6,9H,3,7-8,10H2,1-2H3,(H,16,17)(H2,15,19,20). The molecule has 0 aliphatic rings. The van der Waals surface area contributed by atoms with Gasteiger partial charge in [0.05, 0.1) is 12.3 Å². The van der Waals surface area contributed by atoms with E-state index in [1.54, 1.807) is 18.0 Å². The SMILES string of the molecule is CCNC(=NCCS(N)(=O)=O)N(C)Cc1cccc(F)c1. The molecule has 0 amide bonds. The van der Waals surface area contributed by atoms with Crippen LogP contribution in [0.15, 0.2) is 29.3 Å². The van der Waals surface area contributed by atoms with E-state index in [9.17, 15) is 12.8 Å². The zero-order valence-corrected chi connectivity index (χ0v) is 13.0. The predicted octanol–water partition coefficient (Wildman–Crippen LogP) is 0.512. The maximum Gasteiger partial charge on any atom is 0.210 e. The fraction of sp³-hybridized carbons (Fsp3) is 0.462. The summed E-state index contributed by atoms with van der Waals surface area (Å²) in [6.07, 6.45) is 0. The Hall–Kier alpha value is -1.67. The Labute approximate surface area is 124 Å². The Morgan fingerprint density at radius 1 is 1.48 bits per heavy atom. The molecule has 0 aliphatic carbocycles. The van der Waals surface area contributed by atoms with Crippen molar-refractivity contribution < 1.29 is 12.8 Å². The Bertz CT molecular complexity index is 590. The molecule has 1 rings (SSSR count). The van der Waals surface area contributed by atoms with E-state index in [2.05, 4.69) is 10.3 Å². The lowest BCUT2D eigenvalue weighted by Gasteiger charge is -2.22. The van der Waals surface area contributed by atoms with E-state index in [1.807, 2.05) is 13.0 Å². The number of primary sulfonamides is 1. The van der Waals surface area contributed by atoms with Crippen molar-refractivity contribution in [2.24, 2.45) is 10.1 Å². The number of guanidine groups is 1. The van der Waals surface area contributed by atoms with E-state index < -0.39 is 10.0 Å². The van der Waals surface area contributed by atoms with Crippen LogP contribution in [0.4, 0.5) is 4.39 Å².